The third kappa shape index (κ3) is 4.52. The van der Waals surface area contributed by atoms with Crippen LogP contribution < -0.4 is 4.31 Å². The van der Waals surface area contributed by atoms with Crippen LogP contribution in [0.15, 0.2) is 71.6 Å². The monoisotopic (exact) mass is 399 g/mol. The first kappa shape index (κ1) is 19.5. The molecule has 140 valence electrons. The minimum absolute atomic E-state index is 0.232. The Morgan fingerprint density at radius 3 is 1.89 bits per heavy atom. The van der Waals surface area contributed by atoms with Crippen LogP contribution in [0.25, 0.3) is 0 Å². The first-order valence-electron chi connectivity index (χ1n) is 8.68. The summed E-state index contributed by atoms with van der Waals surface area (Å²) in [6.45, 7) is 6.10. The molecule has 5 heteroatoms. The van der Waals surface area contributed by atoms with E-state index in [1.54, 1.807) is 24.3 Å². The molecule has 3 aromatic rings. The van der Waals surface area contributed by atoms with E-state index in [9.17, 15) is 8.42 Å². The molecule has 0 bridgehead atoms. The number of halogens is 1. The predicted molar refractivity (Wildman–Crippen MR) is 112 cm³/mol. The van der Waals surface area contributed by atoms with E-state index in [0.29, 0.717) is 10.7 Å². The molecule has 0 fully saturated rings. The molecule has 0 saturated heterocycles. The Morgan fingerprint density at radius 1 is 0.778 bits per heavy atom. The molecule has 0 aliphatic heterocycles. The maximum absolute atomic E-state index is 13.4. The molecular weight excluding hydrogens is 378 g/mol. The minimum Gasteiger partial charge on any atom is -0.262 e. The van der Waals surface area contributed by atoms with Gasteiger partial charge in [0, 0.05) is 5.02 Å². The van der Waals surface area contributed by atoms with Gasteiger partial charge in [-0.05, 0) is 73.9 Å². The van der Waals surface area contributed by atoms with Crippen molar-refractivity contribution < 1.29 is 8.42 Å². The van der Waals surface area contributed by atoms with Crippen LogP contribution in [0.1, 0.15) is 22.3 Å². The fourth-order valence-corrected chi connectivity index (χ4v) is 4.57. The number of aryl methyl sites for hydroxylation is 3. The second-order valence-electron chi connectivity index (χ2n) is 6.80. The number of rotatable bonds is 5. The van der Waals surface area contributed by atoms with Gasteiger partial charge in [0.1, 0.15) is 0 Å². The van der Waals surface area contributed by atoms with Crippen LogP contribution >= 0.6 is 11.6 Å². The van der Waals surface area contributed by atoms with E-state index in [1.807, 2.05) is 63.2 Å². The Labute approximate surface area is 166 Å². The van der Waals surface area contributed by atoms with Gasteiger partial charge in [-0.15, -0.1) is 0 Å². The highest BCUT2D eigenvalue weighted by Crippen LogP contribution is 2.28. The lowest BCUT2D eigenvalue weighted by atomic mass is 10.1. The Bertz CT molecular complexity index is 1020. The number of hydrogen-bond donors (Lipinski definition) is 0. The lowest BCUT2D eigenvalue weighted by Crippen LogP contribution is -2.30. The number of benzene rings is 3. The van der Waals surface area contributed by atoms with Crippen molar-refractivity contribution in [3.63, 3.8) is 0 Å². The van der Waals surface area contributed by atoms with Crippen LogP contribution in [-0.4, -0.2) is 8.42 Å². The Hall–Kier alpha value is -2.30. The molecule has 0 atom stereocenters. The molecule has 27 heavy (non-hydrogen) atoms. The topological polar surface area (TPSA) is 37.4 Å². The van der Waals surface area contributed by atoms with Crippen LogP contribution in [0.3, 0.4) is 0 Å². The van der Waals surface area contributed by atoms with Gasteiger partial charge >= 0.3 is 0 Å². The fourth-order valence-electron chi connectivity index (χ4n) is 3.00. The molecule has 0 heterocycles. The average Bonchev–Trinajstić information content (AvgIpc) is 2.60. The van der Waals surface area contributed by atoms with Gasteiger partial charge in [-0.25, -0.2) is 8.42 Å². The Kier molecular flexibility index (Phi) is 5.59. The van der Waals surface area contributed by atoms with E-state index >= 15 is 0 Å². The summed E-state index contributed by atoms with van der Waals surface area (Å²) < 4.78 is 28.3. The lowest BCUT2D eigenvalue weighted by Gasteiger charge is -2.25. The normalized spacial score (nSPS) is 11.4. The molecule has 0 aromatic heterocycles. The zero-order valence-electron chi connectivity index (χ0n) is 15.6. The number of anilines is 1. The van der Waals surface area contributed by atoms with Gasteiger partial charge in [-0.2, -0.15) is 0 Å². The summed E-state index contributed by atoms with van der Waals surface area (Å²) in [5.41, 5.74) is 4.58. The summed E-state index contributed by atoms with van der Waals surface area (Å²) in [6.07, 6.45) is 0. The van der Waals surface area contributed by atoms with E-state index in [4.69, 9.17) is 11.6 Å². The summed E-state index contributed by atoms with van der Waals surface area (Å²) >= 11 is 5.98. The van der Waals surface area contributed by atoms with E-state index in [0.717, 1.165) is 22.3 Å². The first-order chi connectivity index (χ1) is 12.8. The van der Waals surface area contributed by atoms with Crippen molar-refractivity contribution in [1.82, 2.24) is 0 Å². The van der Waals surface area contributed by atoms with Gasteiger partial charge in [0.25, 0.3) is 10.0 Å². The highest BCUT2D eigenvalue weighted by Gasteiger charge is 2.25. The molecule has 3 aromatic carbocycles. The molecule has 0 spiro atoms. The van der Waals surface area contributed by atoms with E-state index in [-0.39, 0.29) is 11.4 Å². The van der Waals surface area contributed by atoms with Crippen LogP contribution in [0.2, 0.25) is 5.02 Å². The Morgan fingerprint density at radius 2 is 1.33 bits per heavy atom. The lowest BCUT2D eigenvalue weighted by molar-refractivity contribution is 0.590. The van der Waals surface area contributed by atoms with Gasteiger partial charge in [-0.1, -0.05) is 47.5 Å². The third-order valence-corrected chi connectivity index (χ3v) is 6.38. The Balaban J connectivity index is 2.11. The van der Waals surface area contributed by atoms with E-state index < -0.39 is 10.0 Å². The van der Waals surface area contributed by atoms with Gasteiger partial charge in [0.05, 0.1) is 17.1 Å². The smallest absolute Gasteiger partial charge is 0.262 e. The molecule has 3 nitrogen and oxygen atoms in total. The first-order valence-corrected chi connectivity index (χ1v) is 10.5. The van der Waals surface area contributed by atoms with Crippen molar-refractivity contribution in [2.45, 2.75) is 32.2 Å². The van der Waals surface area contributed by atoms with E-state index in [1.165, 1.54) is 4.31 Å². The van der Waals surface area contributed by atoms with Crippen molar-refractivity contribution >= 4 is 27.3 Å². The van der Waals surface area contributed by atoms with Crippen molar-refractivity contribution in [1.29, 1.82) is 0 Å². The zero-order valence-corrected chi connectivity index (χ0v) is 17.2. The van der Waals surface area contributed by atoms with Gasteiger partial charge in [0.2, 0.25) is 0 Å². The second-order valence-corrected chi connectivity index (χ2v) is 9.10. The zero-order chi connectivity index (χ0) is 19.6. The van der Waals surface area contributed by atoms with Crippen molar-refractivity contribution in [2.75, 3.05) is 4.31 Å². The van der Waals surface area contributed by atoms with Gasteiger partial charge in [-0.3, -0.25) is 4.31 Å². The fraction of sp³-hybridized carbons (Fsp3) is 0.182. The maximum Gasteiger partial charge on any atom is 0.264 e. The van der Waals surface area contributed by atoms with Crippen molar-refractivity contribution in [2.24, 2.45) is 0 Å². The quantitative estimate of drug-likeness (QED) is 0.555. The summed E-state index contributed by atoms with van der Waals surface area (Å²) in [4.78, 5) is 0.279. The molecular formula is C22H22ClNO2S. The third-order valence-electron chi connectivity index (χ3n) is 4.34. The highest BCUT2D eigenvalue weighted by molar-refractivity contribution is 7.92. The predicted octanol–water partition coefficient (Wildman–Crippen LogP) is 5.66. The minimum atomic E-state index is -3.71. The van der Waals surface area contributed by atoms with Crippen molar-refractivity contribution in [3.8, 4) is 0 Å². The van der Waals surface area contributed by atoms with Gasteiger partial charge < -0.3 is 0 Å². The van der Waals surface area contributed by atoms with Crippen LogP contribution in [0, 0.1) is 20.8 Å². The summed E-state index contributed by atoms with van der Waals surface area (Å²) in [6, 6.07) is 20.0. The van der Waals surface area contributed by atoms with Crippen LogP contribution in [0.5, 0.6) is 0 Å². The van der Waals surface area contributed by atoms with Gasteiger partial charge in [0.15, 0.2) is 0 Å². The average molecular weight is 400 g/mol. The largest absolute Gasteiger partial charge is 0.264 e. The van der Waals surface area contributed by atoms with Crippen LogP contribution in [-0.2, 0) is 16.6 Å². The van der Waals surface area contributed by atoms with E-state index in [2.05, 4.69) is 0 Å². The van der Waals surface area contributed by atoms with Crippen molar-refractivity contribution in [3.05, 3.63) is 94.0 Å². The summed E-state index contributed by atoms with van der Waals surface area (Å²) in [5, 5.41) is 0.623. The van der Waals surface area contributed by atoms with Crippen LogP contribution in [0.4, 0.5) is 5.69 Å². The molecule has 0 saturated carbocycles. The standard InChI is InChI=1S/C22H22ClNO2S/c1-16-4-10-22(11-5-16)27(25,26)24(15-19-6-8-20(23)9-7-19)21-13-17(2)12-18(3)14-21/h4-14H,15H2,1-3H3. The molecule has 3 rings (SSSR count). The summed E-state index contributed by atoms with van der Waals surface area (Å²) in [5.74, 6) is 0. The number of sulfonamides is 1. The molecule has 0 amide bonds. The SMILES string of the molecule is Cc1ccc(S(=O)(=O)N(Cc2ccc(Cl)cc2)c2cc(C)cc(C)c2)cc1. The summed E-state index contributed by atoms with van der Waals surface area (Å²) in [7, 11) is -3.71. The molecule has 0 N–H and O–H groups in total. The molecule has 0 aliphatic carbocycles. The molecule has 0 aliphatic rings. The molecule has 0 radical (unpaired) electrons. The molecule has 0 unspecified atom stereocenters. The number of nitrogens with zero attached hydrogens (tertiary/aromatic N) is 1. The maximum atomic E-state index is 13.4. The second kappa shape index (κ2) is 7.75. The number of hydrogen-bond acceptors (Lipinski definition) is 2. The highest BCUT2D eigenvalue weighted by atomic mass is 35.5.